The highest BCUT2D eigenvalue weighted by Crippen LogP contribution is 2.22. The summed E-state index contributed by atoms with van der Waals surface area (Å²) in [5, 5.41) is 12.9. The fourth-order valence-electron chi connectivity index (χ4n) is 3.01. The molecule has 0 saturated heterocycles. The zero-order valence-electron chi connectivity index (χ0n) is 15.9. The van der Waals surface area contributed by atoms with Crippen molar-refractivity contribution < 1.29 is 9.32 Å². The minimum absolute atomic E-state index is 0.0167. The van der Waals surface area contributed by atoms with Gasteiger partial charge >= 0.3 is 0 Å². The zero-order chi connectivity index (χ0) is 19.9. The first-order chi connectivity index (χ1) is 13.6. The van der Waals surface area contributed by atoms with Gasteiger partial charge in [-0.15, -0.1) is 0 Å². The van der Waals surface area contributed by atoms with Gasteiger partial charge in [-0.2, -0.15) is 10.2 Å². The van der Waals surface area contributed by atoms with Crippen LogP contribution in [0.2, 0.25) is 0 Å². The Kier molecular flexibility index (Phi) is 6.12. The molecule has 2 heterocycles. The predicted octanol–water partition coefficient (Wildman–Crippen LogP) is 3.55. The number of carbonyl (C=O) groups excluding carboxylic acids is 1. The average Bonchev–Trinajstić information content (AvgIpc) is 3.22. The number of nitrogens with zero attached hydrogens (tertiary/aromatic N) is 5. The SMILES string of the molecule is CCN(C(=O)CCc1nc(-c2ccncc2)no1)C(C)c1ccc(C#N)cc1. The Morgan fingerprint density at radius 1 is 1.21 bits per heavy atom. The molecule has 1 unspecified atom stereocenters. The number of amides is 1. The summed E-state index contributed by atoms with van der Waals surface area (Å²) in [6.07, 6.45) is 4.00. The van der Waals surface area contributed by atoms with Crippen LogP contribution in [0, 0.1) is 11.3 Å². The quantitative estimate of drug-likeness (QED) is 0.627. The van der Waals surface area contributed by atoms with Gasteiger partial charge in [0.15, 0.2) is 0 Å². The summed E-state index contributed by atoms with van der Waals surface area (Å²) >= 11 is 0. The van der Waals surface area contributed by atoms with Crippen LogP contribution in [0.25, 0.3) is 11.4 Å². The molecule has 0 spiro atoms. The summed E-state index contributed by atoms with van der Waals surface area (Å²) in [7, 11) is 0. The molecule has 28 heavy (non-hydrogen) atoms. The molecule has 0 N–H and O–H groups in total. The van der Waals surface area contributed by atoms with Crippen LogP contribution in [0.1, 0.15) is 43.3 Å². The molecule has 0 saturated carbocycles. The first-order valence-electron chi connectivity index (χ1n) is 9.15. The Hall–Kier alpha value is -3.53. The smallest absolute Gasteiger partial charge is 0.227 e. The Balaban J connectivity index is 1.62. The summed E-state index contributed by atoms with van der Waals surface area (Å²) in [6, 6.07) is 12.9. The van der Waals surface area contributed by atoms with E-state index in [9.17, 15) is 4.79 Å². The van der Waals surface area contributed by atoms with Crippen molar-refractivity contribution in [3.05, 3.63) is 65.8 Å². The fourth-order valence-corrected chi connectivity index (χ4v) is 3.01. The van der Waals surface area contributed by atoms with E-state index < -0.39 is 0 Å². The van der Waals surface area contributed by atoms with Crippen LogP contribution in [0.4, 0.5) is 0 Å². The fraction of sp³-hybridized carbons (Fsp3) is 0.286. The molecule has 3 aromatic rings. The molecule has 0 fully saturated rings. The number of carbonyl (C=O) groups is 1. The highest BCUT2D eigenvalue weighted by molar-refractivity contribution is 5.76. The van der Waals surface area contributed by atoms with Crippen LogP contribution < -0.4 is 0 Å². The van der Waals surface area contributed by atoms with E-state index in [0.717, 1.165) is 11.1 Å². The van der Waals surface area contributed by atoms with Crippen molar-refractivity contribution in [1.82, 2.24) is 20.0 Å². The van der Waals surface area contributed by atoms with Gasteiger partial charge in [-0.1, -0.05) is 17.3 Å². The second-order valence-corrected chi connectivity index (χ2v) is 6.34. The van der Waals surface area contributed by atoms with Crippen LogP contribution in [0.15, 0.2) is 53.3 Å². The number of rotatable bonds is 7. The van der Waals surface area contributed by atoms with Crippen LogP contribution in [0.3, 0.4) is 0 Å². The second-order valence-electron chi connectivity index (χ2n) is 6.34. The largest absolute Gasteiger partial charge is 0.339 e. The lowest BCUT2D eigenvalue weighted by molar-refractivity contribution is -0.133. The third kappa shape index (κ3) is 4.41. The molecule has 3 rings (SSSR count). The molecular weight excluding hydrogens is 354 g/mol. The Morgan fingerprint density at radius 3 is 2.57 bits per heavy atom. The average molecular weight is 375 g/mol. The molecule has 0 radical (unpaired) electrons. The lowest BCUT2D eigenvalue weighted by Gasteiger charge is -2.28. The monoisotopic (exact) mass is 375 g/mol. The maximum Gasteiger partial charge on any atom is 0.227 e. The summed E-state index contributed by atoms with van der Waals surface area (Å²) in [5.41, 5.74) is 2.42. The van der Waals surface area contributed by atoms with Crippen LogP contribution in [0.5, 0.6) is 0 Å². The van der Waals surface area contributed by atoms with Crippen molar-refractivity contribution >= 4 is 5.91 Å². The van der Waals surface area contributed by atoms with Crippen molar-refractivity contribution in [2.45, 2.75) is 32.7 Å². The van der Waals surface area contributed by atoms with Crippen molar-refractivity contribution in [2.75, 3.05) is 6.54 Å². The number of pyridine rings is 1. The van der Waals surface area contributed by atoms with Crippen molar-refractivity contribution in [1.29, 1.82) is 5.26 Å². The first kappa shape index (κ1) is 19.2. The highest BCUT2D eigenvalue weighted by Gasteiger charge is 2.21. The lowest BCUT2D eigenvalue weighted by Crippen LogP contribution is -2.33. The molecule has 0 aliphatic carbocycles. The van der Waals surface area contributed by atoms with E-state index >= 15 is 0 Å². The van der Waals surface area contributed by atoms with Gasteiger partial charge in [0.25, 0.3) is 0 Å². The molecule has 2 aromatic heterocycles. The van der Waals surface area contributed by atoms with Gasteiger partial charge in [-0.3, -0.25) is 9.78 Å². The van der Waals surface area contributed by atoms with E-state index in [4.69, 9.17) is 9.78 Å². The third-order valence-electron chi connectivity index (χ3n) is 4.61. The first-order valence-corrected chi connectivity index (χ1v) is 9.15. The summed E-state index contributed by atoms with van der Waals surface area (Å²) in [6.45, 7) is 4.52. The molecule has 7 nitrogen and oxygen atoms in total. The van der Waals surface area contributed by atoms with Gasteiger partial charge in [0.2, 0.25) is 17.6 Å². The van der Waals surface area contributed by atoms with Gasteiger partial charge in [-0.05, 0) is 43.7 Å². The van der Waals surface area contributed by atoms with E-state index in [1.807, 2.05) is 30.9 Å². The molecular formula is C21H21N5O2. The molecule has 142 valence electrons. The number of nitriles is 1. The molecule has 0 aliphatic rings. The van der Waals surface area contributed by atoms with Crippen molar-refractivity contribution in [3.8, 4) is 17.5 Å². The summed E-state index contributed by atoms with van der Waals surface area (Å²) in [5.74, 6) is 0.938. The molecule has 7 heteroatoms. The van der Waals surface area contributed by atoms with Crippen molar-refractivity contribution in [3.63, 3.8) is 0 Å². The number of hydrogen-bond donors (Lipinski definition) is 0. The number of hydrogen-bond acceptors (Lipinski definition) is 6. The predicted molar refractivity (Wildman–Crippen MR) is 103 cm³/mol. The van der Waals surface area contributed by atoms with E-state index in [0.29, 0.717) is 30.2 Å². The van der Waals surface area contributed by atoms with Gasteiger partial charge in [-0.25, -0.2) is 0 Å². The van der Waals surface area contributed by atoms with Gasteiger partial charge < -0.3 is 9.42 Å². The zero-order valence-corrected chi connectivity index (χ0v) is 15.9. The maximum absolute atomic E-state index is 12.7. The van der Waals surface area contributed by atoms with Crippen LogP contribution >= 0.6 is 0 Å². The molecule has 0 aliphatic heterocycles. The number of aromatic nitrogens is 3. The molecule has 1 amide bonds. The third-order valence-corrected chi connectivity index (χ3v) is 4.61. The Labute approximate surface area is 163 Å². The topological polar surface area (TPSA) is 95.9 Å². The second kappa shape index (κ2) is 8.91. The van der Waals surface area contributed by atoms with E-state index in [1.165, 1.54) is 0 Å². The van der Waals surface area contributed by atoms with E-state index in [1.54, 1.807) is 36.7 Å². The van der Waals surface area contributed by atoms with Gasteiger partial charge in [0.1, 0.15) is 0 Å². The lowest BCUT2D eigenvalue weighted by atomic mass is 10.0. The highest BCUT2D eigenvalue weighted by atomic mass is 16.5. The summed E-state index contributed by atoms with van der Waals surface area (Å²) in [4.78, 5) is 22.9. The maximum atomic E-state index is 12.7. The minimum Gasteiger partial charge on any atom is -0.339 e. The van der Waals surface area contributed by atoms with Gasteiger partial charge in [0, 0.05) is 37.3 Å². The molecule has 1 atom stereocenters. The molecule has 1 aromatic carbocycles. The van der Waals surface area contributed by atoms with Crippen molar-refractivity contribution in [2.24, 2.45) is 0 Å². The van der Waals surface area contributed by atoms with E-state index in [-0.39, 0.29) is 18.4 Å². The summed E-state index contributed by atoms with van der Waals surface area (Å²) < 4.78 is 5.27. The normalized spacial score (nSPS) is 11.6. The minimum atomic E-state index is -0.0830. The number of benzene rings is 1. The van der Waals surface area contributed by atoms with Crippen LogP contribution in [-0.4, -0.2) is 32.5 Å². The van der Waals surface area contributed by atoms with Crippen LogP contribution in [-0.2, 0) is 11.2 Å². The number of aryl methyl sites for hydroxylation is 1. The Bertz CT molecular complexity index is 960. The molecule has 0 bridgehead atoms. The van der Waals surface area contributed by atoms with Gasteiger partial charge in [0.05, 0.1) is 17.7 Å². The Morgan fingerprint density at radius 2 is 1.93 bits per heavy atom. The van der Waals surface area contributed by atoms with E-state index in [2.05, 4.69) is 21.2 Å². The standard InChI is InChI=1S/C21H21N5O2/c1-3-26(15(2)17-6-4-16(14-22)5-7-17)20(27)9-8-19-24-21(25-28-19)18-10-12-23-13-11-18/h4-7,10-13,15H,3,8-9H2,1-2H3.